The summed E-state index contributed by atoms with van der Waals surface area (Å²) in [5.74, 6) is 1.57. The molecule has 3 nitrogen and oxygen atoms in total. The highest BCUT2D eigenvalue weighted by molar-refractivity contribution is 7.09. The zero-order valence-corrected chi connectivity index (χ0v) is 12.6. The van der Waals surface area contributed by atoms with Crippen LogP contribution in [0, 0.1) is 0 Å². The molecule has 0 saturated carbocycles. The van der Waals surface area contributed by atoms with Crippen molar-refractivity contribution in [3.8, 4) is 0 Å². The van der Waals surface area contributed by atoms with Crippen molar-refractivity contribution in [2.75, 3.05) is 0 Å². The summed E-state index contributed by atoms with van der Waals surface area (Å²) >= 11 is 1.74. The molecule has 98 valence electrons. The van der Waals surface area contributed by atoms with Crippen LogP contribution in [0.1, 0.15) is 57.1 Å². The molecule has 0 aliphatic heterocycles. The lowest BCUT2D eigenvalue weighted by atomic mass is 9.93. The maximum atomic E-state index is 4.73. The van der Waals surface area contributed by atoms with Gasteiger partial charge in [0.1, 0.15) is 10.8 Å². The molecule has 2 rings (SSSR count). The molecule has 0 bridgehead atoms. The van der Waals surface area contributed by atoms with Crippen molar-refractivity contribution in [2.45, 2.75) is 52.5 Å². The molecule has 0 N–H and O–H groups in total. The van der Waals surface area contributed by atoms with E-state index >= 15 is 0 Å². The minimum atomic E-state index is 0.130. The molecule has 0 unspecified atom stereocenters. The molecule has 0 amide bonds. The lowest BCUT2D eigenvalue weighted by Gasteiger charge is -2.14. The average Bonchev–Trinajstić information content (AvgIpc) is 2.85. The van der Waals surface area contributed by atoms with Gasteiger partial charge in [0.2, 0.25) is 0 Å². The maximum absolute atomic E-state index is 4.73. The molecule has 0 radical (unpaired) electrons. The molecule has 0 aromatic carbocycles. The summed E-state index contributed by atoms with van der Waals surface area (Å²) in [4.78, 5) is 9.13. The topological polar surface area (TPSA) is 30.7 Å². The first-order valence-electron chi connectivity index (χ1n) is 6.34. The van der Waals surface area contributed by atoms with E-state index in [9.17, 15) is 0 Å². The van der Waals surface area contributed by atoms with Crippen molar-refractivity contribution in [1.29, 1.82) is 0 Å². The number of thiazole rings is 1. The van der Waals surface area contributed by atoms with Gasteiger partial charge in [0, 0.05) is 29.1 Å². The zero-order valence-electron chi connectivity index (χ0n) is 11.8. The van der Waals surface area contributed by atoms with E-state index in [-0.39, 0.29) is 5.41 Å². The second-order valence-electron chi connectivity index (χ2n) is 5.94. The van der Waals surface area contributed by atoms with Crippen LogP contribution in [0.4, 0.5) is 0 Å². The highest BCUT2D eigenvalue weighted by Gasteiger charge is 2.18. The molecular weight excluding hydrogens is 242 g/mol. The van der Waals surface area contributed by atoms with Gasteiger partial charge in [-0.25, -0.2) is 9.97 Å². The summed E-state index contributed by atoms with van der Waals surface area (Å²) in [7, 11) is 0. The van der Waals surface area contributed by atoms with Gasteiger partial charge in [-0.1, -0.05) is 34.6 Å². The molecule has 4 heteroatoms. The molecule has 0 fully saturated rings. The van der Waals surface area contributed by atoms with Crippen molar-refractivity contribution in [2.24, 2.45) is 0 Å². The van der Waals surface area contributed by atoms with Crippen LogP contribution in [-0.4, -0.2) is 14.5 Å². The van der Waals surface area contributed by atoms with Gasteiger partial charge in [-0.2, -0.15) is 0 Å². The molecular formula is C14H21N3S. The summed E-state index contributed by atoms with van der Waals surface area (Å²) in [5.41, 5.74) is 1.30. The Bertz CT molecular complexity index is 517. The van der Waals surface area contributed by atoms with Crippen molar-refractivity contribution in [1.82, 2.24) is 14.5 Å². The van der Waals surface area contributed by atoms with Crippen molar-refractivity contribution >= 4 is 11.3 Å². The van der Waals surface area contributed by atoms with Crippen molar-refractivity contribution in [3.05, 3.63) is 34.3 Å². The Balaban J connectivity index is 2.19. The summed E-state index contributed by atoms with van der Waals surface area (Å²) in [6.07, 6.45) is 3.90. The molecule has 0 aliphatic rings. The maximum Gasteiger partial charge on any atom is 0.113 e. The Hall–Kier alpha value is -1.16. The van der Waals surface area contributed by atoms with E-state index in [0.29, 0.717) is 5.92 Å². The van der Waals surface area contributed by atoms with E-state index in [1.54, 1.807) is 11.3 Å². The number of nitrogens with zero attached hydrogens (tertiary/aromatic N) is 3. The number of imidazole rings is 1. The summed E-state index contributed by atoms with van der Waals surface area (Å²) in [5, 5.41) is 3.32. The number of rotatable bonds is 3. The quantitative estimate of drug-likeness (QED) is 0.843. The van der Waals surface area contributed by atoms with E-state index in [1.165, 1.54) is 5.69 Å². The number of aromatic nitrogens is 3. The van der Waals surface area contributed by atoms with Crippen LogP contribution >= 0.6 is 11.3 Å². The lowest BCUT2D eigenvalue weighted by molar-refractivity contribution is 0.568. The van der Waals surface area contributed by atoms with E-state index in [0.717, 1.165) is 17.4 Å². The average molecular weight is 263 g/mol. The molecule has 0 spiro atoms. The Kier molecular flexibility index (Phi) is 3.57. The third-order valence-corrected chi connectivity index (χ3v) is 3.72. The third-order valence-electron chi connectivity index (χ3n) is 2.89. The van der Waals surface area contributed by atoms with Crippen molar-refractivity contribution < 1.29 is 0 Å². The Morgan fingerprint density at radius 2 is 2.06 bits per heavy atom. The molecule has 2 aromatic heterocycles. The standard InChI is InChI=1S/C14H21N3S/c1-10(2)13-15-6-7-17(13)8-12-16-11(9-18-12)14(3,4)5/h6-7,9-10H,8H2,1-5H3. The lowest BCUT2D eigenvalue weighted by Crippen LogP contribution is -2.12. The number of hydrogen-bond acceptors (Lipinski definition) is 3. The SMILES string of the molecule is CC(C)c1nccn1Cc1nc(C(C)(C)C)cs1. The molecule has 0 saturated heterocycles. The minimum absolute atomic E-state index is 0.130. The highest BCUT2D eigenvalue weighted by Crippen LogP contribution is 2.24. The fourth-order valence-electron chi connectivity index (χ4n) is 1.83. The van der Waals surface area contributed by atoms with Crippen LogP contribution in [-0.2, 0) is 12.0 Å². The van der Waals surface area contributed by atoms with Gasteiger partial charge < -0.3 is 4.57 Å². The molecule has 18 heavy (non-hydrogen) atoms. The van der Waals surface area contributed by atoms with E-state index in [2.05, 4.69) is 49.5 Å². The van der Waals surface area contributed by atoms with Gasteiger partial charge in [-0.3, -0.25) is 0 Å². The van der Waals surface area contributed by atoms with Crippen molar-refractivity contribution in [3.63, 3.8) is 0 Å². The van der Waals surface area contributed by atoms with Crippen LogP contribution in [0.2, 0.25) is 0 Å². The second kappa shape index (κ2) is 4.84. The van der Waals surface area contributed by atoms with Crippen LogP contribution < -0.4 is 0 Å². The Morgan fingerprint density at radius 1 is 1.33 bits per heavy atom. The smallest absolute Gasteiger partial charge is 0.113 e. The Labute approximate surface area is 113 Å². The van der Waals surface area contributed by atoms with E-state index < -0.39 is 0 Å². The molecule has 2 aromatic rings. The summed E-state index contributed by atoms with van der Waals surface area (Å²) < 4.78 is 2.19. The monoisotopic (exact) mass is 263 g/mol. The van der Waals surface area contributed by atoms with Crippen LogP contribution in [0.5, 0.6) is 0 Å². The zero-order chi connectivity index (χ0) is 13.3. The fourth-order valence-corrected chi connectivity index (χ4v) is 2.85. The molecule has 0 atom stereocenters. The second-order valence-corrected chi connectivity index (χ2v) is 6.89. The van der Waals surface area contributed by atoms with Gasteiger partial charge in [-0.05, 0) is 0 Å². The van der Waals surface area contributed by atoms with Gasteiger partial charge in [0.15, 0.2) is 0 Å². The first kappa shape index (κ1) is 13.3. The first-order chi connectivity index (χ1) is 8.38. The van der Waals surface area contributed by atoms with E-state index in [4.69, 9.17) is 4.98 Å². The number of hydrogen-bond donors (Lipinski definition) is 0. The van der Waals surface area contributed by atoms with Gasteiger partial charge in [0.25, 0.3) is 0 Å². The predicted molar refractivity (Wildman–Crippen MR) is 76.2 cm³/mol. The molecule has 2 heterocycles. The van der Waals surface area contributed by atoms with Gasteiger partial charge in [0.05, 0.1) is 12.2 Å². The third kappa shape index (κ3) is 2.80. The van der Waals surface area contributed by atoms with E-state index in [1.807, 2.05) is 12.4 Å². The highest BCUT2D eigenvalue weighted by atomic mass is 32.1. The normalized spacial score (nSPS) is 12.3. The van der Waals surface area contributed by atoms with Gasteiger partial charge >= 0.3 is 0 Å². The minimum Gasteiger partial charge on any atom is -0.328 e. The largest absolute Gasteiger partial charge is 0.328 e. The predicted octanol–water partition coefficient (Wildman–Crippen LogP) is 3.81. The Morgan fingerprint density at radius 3 is 2.61 bits per heavy atom. The van der Waals surface area contributed by atoms with Crippen LogP contribution in [0.15, 0.2) is 17.8 Å². The van der Waals surface area contributed by atoms with Gasteiger partial charge in [-0.15, -0.1) is 11.3 Å². The molecule has 0 aliphatic carbocycles. The summed E-state index contributed by atoms with van der Waals surface area (Å²) in [6.45, 7) is 11.8. The van der Waals surface area contributed by atoms with Crippen LogP contribution in [0.25, 0.3) is 0 Å². The fraction of sp³-hybridized carbons (Fsp3) is 0.571. The van der Waals surface area contributed by atoms with Crippen LogP contribution in [0.3, 0.4) is 0 Å². The first-order valence-corrected chi connectivity index (χ1v) is 7.22. The summed E-state index contributed by atoms with van der Waals surface area (Å²) in [6, 6.07) is 0.